The standard InChI is InChI=1S/C14H11Br2NO/c15-11-7-5-10(6-8-11)9-14(18)17-13-4-2-1-3-12(13)16/h1-8H,9H2,(H,17,18). The molecule has 0 atom stereocenters. The first kappa shape index (κ1) is 13.3. The van der Waals surface area contributed by atoms with E-state index in [0.717, 1.165) is 20.2 Å². The second-order valence-corrected chi connectivity index (χ2v) is 5.60. The van der Waals surface area contributed by atoms with E-state index in [1.54, 1.807) is 0 Å². The summed E-state index contributed by atoms with van der Waals surface area (Å²) < 4.78 is 1.90. The van der Waals surface area contributed by atoms with Gasteiger partial charge in [-0.2, -0.15) is 0 Å². The van der Waals surface area contributed by atoms with Gasteiger partial charge in [0.15, 0.2) is 0 Å². The van der Waals surface area contributed by atoms with Crippen LogP contribution in [0.1, 0.15) is 5.56 Å². The first-order valence-corrected chi connectivity index (χ1v) is 7.02. The molecule has 0 saturated heterocycles. The van der Waals surface area contributed by atoms with Gasteiger partial charge < -0.3 is 5.32 Å². The maximum Gasteiger partial charge on any atom is 0.228 e. The first-order valence-electron chi connectivity index (χ1n) is 5.44. The number of amides is 1. The van der Waals surface area contributed by atoms with E-state index in [1.165, 1.54) is 0 Å². The lowest BCUT2D eigenvalue weighted by Gasteiger charge is -2.07. The SMILES string of the molecule is O=C(Cc1ccc(Br)cc1)Nc1ccccc1Br. The number of hydrogen-bond donors (Lipinski definition) is 1. The smallest absolute Gasteiger partial charge is 0.228 e. The van der Waals surface area contributed by atoms with Crippen molar-refractivity contribution < 1.29 is 4.79 Å². The second kappa shape index (κ2) is 6.16. The lowest BCUT2D eigenvalue weighted by atomic mass is 10.1. The zero-order valence-electron chi connectivity index (χ0n) is 9.49. The van der Waals surface area contributed by atoms with Crippen LogP contribution in [-0.2, 0) is 11.2 Å². The molecule has 0 bridgehead atoms. The van der Waals surface area contributed by atoms with Gasteiger partial charge >= 0.3 is 0 Å². The molecule has 2 aromatic carbocycles. The molecule has 0 aromatic heterocycles. The van der Waals surface area contributed by atoms with Gasteiger partial charge in [-0.1, -0.05) is 40.2 Å². The molecule has 2 nitrogen and oxygen atoms in total. The van der Waals surface area contributed by atoms with E-state index in [4.69, 9.17) is 0 Å². The average Bonchev–Trinajstić information content (AvgIpc) is 2.35. The van der Waals surface area contributed by atoms with Crippen molar-refractivity contribution >= 4 is 43.5 Å². The van der Waals surface area contributed by atoms with E-state index in [0.29, 0.717) is 6.42 Å². The van der Waals surface area contributed by atoms with Gasteiger partial charge in [0, 0.05) is 8.95 Å². The Balaban J connectivity index is 2.01. The molecule has 0 spiro atoms. The molecule has 0 heterocycles. The molecule has 1 N–H and O–H groups in total. The van der Waals surface area contributed by atoms with Crippen LogP contribution in [0.5, 0.6) is 0 Å². The van der Waals surface area contributed by atoms with Crippen LogP contribution in [0.25, 0.3) is 0 Å². The second-order valence-electron chi connectivity index (χ2n) is 3.83. The van der Waals surface area contributed by atoms with Gasteiger partial charge in [0.05, 0.1) is 12.1 Å². The Hall–Kier alpha value is -1.13. The van der Waals surface area contributed by atoms with Gasteiger partial charge in [0.1, 0.15) is 0 Å². The van der Waals surface area contributed by atoms with Gasteiger partial charge in [-0.05, 0) is 45.8 Å². The van der Waals surface area contributed by atoms with Crippen molar-refractivity contribution in [1.82, 2.24) is 0 Å². The van der Waals surface area contributed by atoms with Crippen LogP contribution >= 0.6 is 31.9 Å². The number of benzene rings is 2. The van der Waals surface area contributed by atoms with E-state index in [-0.39, 0.29) is 5.91 Å². The summed E-state index contributed by atoms with van der Waals surface area (Å²) in [5, 5.41) is 2.88. The van der Waals surface area contributed by atoms with Crippen molar-refractivity contribution in [2.75, 3.05) is 5.32 Å². The quantitative estimate of drug-likeness (QED) is 0.854. The van der Waals surface area contributed by atoms with Crippen molar-refractivity contribution in [2.45, 2.75) is 6.42 Å². The topological polar surface area (TPSA) is 29.1 Å². The fraction of sp³-hybridized carbons (Fsp3) is 0.0714. The summed E-state index contributed by atoms with van der Waals surface area (Å²) in [4.78, 5) is 11.9. The van der Waals surface area contributed by atoms with Crippen LogP contribution in [0.4, 0.5) is 5.69 Å². The molecule has 18 heavy (non-hydrogen) atoms. The molecule has 1 amide bonds. The Morgan fingerprint density at radius 1 is 1.00 bits per heavy atom. The minimum Gasteiger partial charge on any atom is -0.325 e. The molecule has 4 heteroatoms. The third kappa shape index (κ3) is 3.68. The number of carbonyl (C=O) groups excluding carboxylic acids is 1. The van der Waals surface area contributed by atoms with Crippen molar-refractivity contribution in [3.05, 3.63) is 63.0 Å². The lowest BCUT2D eigenvalue weighted by molar-refractivity contribution is -0.115. The van der Waals surface area contributed by atoms with Gasteiger partial charge in [-0.25, -0.2) is 0 Å². The Bertz CT molecular complexity index is 552. The number of halogens is 2. The summed E-state index contributed by atoms with van der Waals surface area (Å²) in [5.41, 5.74) is 1.78. The number of carbonyl (C=O) groups is 1. The first-order chi connectivity index (χ1) is 8.65. The van der Waals surface area contributed by atoms with Gasteiger partial charge in [-0.15, -0.1) is 0 Å². The summed E-state index contributed by atoms with van der Waals surface area (Å²) >= 11 is 6.77. The van der Waals surface area contributed by atoms with Crippen molar-refractivity contribution in [3.63, 3.8) is 0 Å². The van der Waals surface area contributed by atoms with Crippen LogP contribution in [0.3, 0.4) is 0 Å². The fourth-order valence-corrected chi connectivity index (χ4v) is 2.19. The summed E-state index contributed by atoms with van der Waals surface area (Å²) in [7, 11) is 0. The Morgan fingerprint density at radius 3 is 2.33 bits per heavy atom. The number of nitrogens with one attached hydrogen (secondary N) is 1. The summed E-state index contributed by atoms with van der Waals surface area (Å²) in [6, 6.07) is 15.3. The molecule has 0 fully saturated rings. The van der Waals surface area contributed by atoms with Gasteiger partial charge in [0.25, 0.3) is 0 Å². The third-order valence-electron chi connectivity index (χ3n) is 2.43. The van der Waals surface area contributed by atoms with Crippen molar-refractivity contribution in [1.29, 1.82) is 0 Å². The van der Waals surface area contributed by atoms with E-state index in [1.807, 2.05) is 48.5 Å². The molecule has 0 aliphatic heterocycles. The molecule has 2 rings (SSSR count). The van der Waals surface area contributed by atoms with Crippen LogP contribution in [-0.4, -0.2) is 5.91 Å². The lowest BCUT2D eigenvalue weighted by Crippen LogP contribution is -2.14. The molecular weight excluding hydrogens is 358 g/mol. The van der Waals surface area contributed by atoms with E-state index < -0.39 is 0 Å². The average molecular weight is 369 g/mol. The molecule has 92 valence electrons. The predicted octanol–water partition coefficient (Wildman–Crippen LogP) is 4.39. The largest absolute Gasteiger partial charge is 0.325 e. The number of rotatable bonds is 3. The van der Waals surface area contributed by atoms with Gasteiger partial charge in [-0.3, -0.25) is 4.79 Å². The fourth-order valence-electron chi connectivity index (χ4n) is 1.54. The molecule has 0 radical (unpaired) electrons. The van der Waals surface area contributed by atoms with Crippen LogP contribution in [0.15, 0.2) is 57.5 Å². The third-order valence-corrected chi connectivity index (χ3v) is 3.65. The maximum atomic E-state index is 11.9. The Labute approximate surface area is 123 Å². The highest BCUT2D eigenvalue weighted by atomic mass is 79.9. The van der Waals surface area contributed by atoms with E-state index in [2.05, 4.69) is 37.2 Å². The molecule has 0 saturated carbocycles. The van der Waals surface area contributed by atoms with Gasteiger partial charge in [0.2, 0.25) is 5.91 Å². The minimum absolute atomic E-state index is 0.0239. The summed E-state index contributed by atoms with van der Waals surface area (Å²) in [5.74, 6) is -0.0239. The normalized spacial score (nSPS) is 10.1. The number of anilines is 1. The van der Waals surface area contributed by atoms with Crippen LogP contribution in [0.2, 0.25) is 0 Å². The maximum absolute atomic E-state index is 11.9. The summed E-state index contributed by atoms with van der Waals surface area (Å²) in [6.07, 6.45) is 0.370. The monoisotopic (exact) mass is 367 g/mol. The van der Waals surface area contributed by atoms with E-state index in [9.17, 15) is 4.79 Å². The highest BCUT2D eigenvalue weighted by Crippen LogP contribution is 2.21. The van der Waals surface area contributed by atoms with Crippen molar-refractivity contribution in [3.8, 4) is 0 Å². The Kier molecular flexibility index (Phi) is 4.55. The highest BCUT2D eigenvalue weighted by Gasteiger charge is 2.06. The van der Waals surface area contributed by atoms with E-state index >= 15 is 0 Å². The zero-order valence-corrected chi connectivity index (χ0v) is 12.7. The number of para-hydroxylation sites is 1. The minimum atomic E-state index is -0.0239. The van der Waals surface area contributed by atoms with Crippen molar-refractivity contribution in [2.24, 2.45) is 0 Å². The molecule has 0 unspecified atom stereocenters. The van der Waals surface area contributed by atoms with Crippen LogP contribution < -0.4 is 5.32 Å². The Morgan fingerprint density at radius 2 is 1.67 bits per heavy atom. The van der Waals surface area contributed by atoms with Crippen LogP contribution in [0, 0.1) is 0 Å². The summed E-state index contributed by atoms with van der Waals surface area (Å²) in [6.45, 7) is 0. The highest BCUT2D eigenvalue weighted by molar-refractivity contribution is 9.10. The molecular formula is C14H11Br2NO. The predicted molar refractivity (Wildman–Crippen MR) is 80.6 cm³/mol. The molecule has 0 aliphatic carbocycles. The molecule has 2 aromatic rings. The number of hydrogen-bond acceptors (Lipinski definition) is 1. The molecule has 0 aliphatic rings. The zero-order chi connectivity index (χ0) is 13.0.